The molecule has 1 heterocycles. The normalized spacial score (nSPS) is 21.5. The Bertz CT molecular complexity index is 310. The smallest absolute Gasteiger partial charge is 0.0669 e. The second kappa shape index (κ2) is 5.42. The van der Waals surface area contributed by atoms with Crippen LogP contribution in [0.3, 0.4) is 0 Å². The van der Waals surface area contributed by atoms with Crippen LogP contribution in [0.1, 0.15) is 19.3 Å². The maximum absolute atomic E-state index is 5.87. The average Bonchev–Trinajstić information content (AvgIpc) is 2.29. The van der Waals surface area contributed by atoms with Crippen molar-refractivity contribution in [2.75, 3.05) is 18.1 Å². The summed E-state index contributed by atoms with van der Waals surface area (Å²) in [4.78, 5) is 1.17. The molecule has 0 amide bonds. The van der Waals surface area contributed by atoms with E-state index in [1.54, 1.807) is 11.8 Å². The minimum absolute atomic E-state index is 0.420. The van der Waals surface area contributed by atoms with Crippen molar-refractivity contribution < 1.29 is 4.74 Å². The summed E-state index contributed by atoms with van der Waals surface area (Å²) < 4.78 is 5.68. The molecule has 1 aromatic rings. The predicted octanol–water partition coefficient (Wildman–Crippen LogP) is 2.93. The van der Waals surface area contributed by atoms with E-state index in [2.05, 4.69) is 6.07 Å². The molecule has 3 heteroatoms. The van der Waals surface area contributed by atoms with Gasteiger partial charge in [0.15, 0.2) is 0 Å². The first-order valence-electron chi connectivity index (χ1n) is 5.45. The van der Waals surface area contributed by atoms with Crippen molar-refractivity contribution in [1.29, 1.82) is 0 Å². The molecule has 1 saturated heterocycles. The molecule has 2 nitrogen and oxygen atoms in total. The Kier molecular flexibility index (Phi) is 3.92. The zero-order valence-corrected chi connectivity index (χ0v) is 9.63. The summed E-state index contributed by atoms with van der Waals surface area (Å²) in [7, 11) is 0. The van der Waals surface area contributed by atoms with E-state index in [1.807, 2.05) is 18.2 Å². The lowest BCUT2D eigenvalue weighted by Crippen LogP contribution is -2.21. The minimum Gasteiger partial charge on any atom is -0.398 e. The molecular formula is C12H17NOS. The van der Waals surface area contributed by atoms with Crippen LogP contribution in [0.25, 0.3) is 0 Å². The first-order valence-corrected chi connectivity index (χ1v) is 6.44. The number of hydrogen-bond acceptors (Lipinski definition) is 3. The van der Waals surface area contributed by atoms with Crippen molar-refractivity contribution in [2.45, 2.75) is 30.3 Å². The van der Waals surface area contributed by atoms with Crippen molar-refractivity contribution in [3.63, 3.8) is 0 Å². The molecule has 0 radical (unpaired) electrons. The van der Waals surface area contributed by atoms with Gasteiger partial charge in [0.1, 0.15) is 0 Å². The molecule has 2 rings (SSSR count). The molecule has 0 spiro atoms. The number of rotatable bonds is 3. The maximum atomic E-state index is 5.87. The van der Waals surface area contributed by atoms with Crippen molar-refractivity contribution in [3.8, 4) is 0 Å². The van der Waals surface area contributed by atoms with E-state index < -0.39 is 0 Å². The SMILES string of the molecule is Nc1ccccc1SCC1CCCCO1. The molecule has 82 valence electrons. The summed E-state index contributed by atoms with van der Waals surface area (Å²) in [5.74, 6) is 1.02. The summed E-state index contributed by atoms with van der Waals surface area (Å²) in [6.07, 6.45) is 4.13. The van der Waals surface area contributed by atoms with Gasteiger partial charge in [-0.15, -0.1) is 11.8 Å². The zero-order valence-electron chi connectivity index (χ0n) is 8.82. The van der Waals surface area contributed by atoms with E-state index >= 15 is 0 Å². The Morgan fingerprint density at radius 3 is 2.93 bits per heavy atom. The van der Waals surface area contributed by atoms with E-state index in [1.165, 1.54) is 24.2 Å². The molecule has 0 saturated carbocycles. The maximum Gasteiger partial charge on any atom is 0.0669 e. The Hall–Kier alpha value is -0.670. The molecule has 1 aliphatic heterocycles. The number of benzene rings is 1. The molecule has 1 fully saturated rings. The lowest BCUT2D eigenvalue weighted by Gasteiger charge is -2.22. The average molecular weight is 223 g/mol. The zero-order chi connectivity index (χ0) is 10.5. The second-order valence-corrected chi connectivity index (χ2v) is 4.90. The van der Waals surface area contributed by atoms with Crippen molar-refractivity contribution in [3.05, 3.63) is 24.3 Å². The standard InChI is InChI=1S/C12H17NOS/c13-11-6-1-2-7-12(11)15-9-10-5-3-4-8-14-10/h1-2,6-7,10H,3-5,8-9,13H2. The highest BCUT2D eigenvalue weighted by molar-refractivity contribution is 7.99. The first kappa shape index (κ1) is 10.8. The van der Waals surface area contributed by atoms with Gasteiger partial charge in [-0.25, -0.2) is 0 Å². The lowest BCUT2D eigenvalue weighted by atomic mass is 10.1. The van der Waals surface area contributed by atoms with E-state index in [0.717, 1.165) is 18.0 Å². The quantitative estimate of drug-likeness (QED) is 0.632. The van der Waals surface area contributed by atoms with Crippen LogP contribution in [0.2, 0.25) is 0 Å². The van der Waals surface area contributed by atoms with Crippen LogP contribution in [0, 0.1) is 0 Å². The van der Waals surface area contributed by atoms with E-state index in [4.69, 9.17) is 10.5 Å². The fourth-order valence-corrected chi connectivity index (χ4v) is 2.77. The van der Waals surface area contributed by atoms with Crippen molar-refractivity contribution >= 4 is 17.4 Å². The van der Waals surface area contributed by atoms with Crippen LogP contribution in [-0.4, -0.2) is 18.5 Å². The molecule has 1 aliphatic rings. The third kappa shape index (κ3) is 3.14. The van der Waals surface area contributed by atoms with Gasteiger partial charge in [-0.3, -0.25) is 0 Å². The summed E-state index contributed by atoms with van der Waals surface area (Å²) in [6, 6.07) is 8.02. The van der Waals surface area contributed by atoms with Gasteiger partial charge in [0.05, 0.1) is 6.10 Å². The lowest BCUT2D eigenvalue weighted by molar-refractivity contribution is 0.0315. The van der Waals surface area contributed by atoms with Crippen LogP contribution in [-0.2, 0) is 4.74 Å². The fourth-order valence-electron chi connectivity index (χ4n) is 1.73. The highest BCUT2D eigenvalue weighted by Crippen LogP contribution is 2.27. The molecular weight excluding hydrogens is 206 g/mol. The Labute approximate surface area is 95.2 Å². The van der Waals surface area contributed by atoms with Gasteiger partial charge in [-0.1, -0.05) is 12.1 Å². The minimum atomic E-state index is 0.420. The summed E-state index contributed by atoms with van der Waals surface area (Å²) >= 11 is 1.80. The van der Waals surface area contributed by atoms with Crippen LogP contribution >= 0.6 is 11.8 Å². The molecule has 1 aromatic carbocycles. The third-order valence-corrected chi connectivity index (χ3v) is 3.84. The molecule has 1 atom stereocenters. The summed E-state index contributed by atoms with van der Waals surface area (Å²) in [6.45, 7) is 0.926. The van der Waals surface area contributed by atoms with Crippen LogP contribution < -0.4 is 5.73 Å². The molecule has 1 unspecified atom stereocenters. The predicted molar refractivity (Wildman–Crippen MR) is 65.2 cm³/mol. The number of ether oxygens (including phenoxy) is 1. The molecule has 15 heavy (non-hydrogen) atoms. The number of anilines is 1. The van der Waals surface area contributed by atoms with Gasteiger partial charge in [-0.05, 0) is 31.4 Å². The topological polar surface area (TPSA) is 35.2 Å². The van der Waals surface area contributed by atoms with Gasteiger partial charge in [0, 0.05) is 22.9 Å². The van der Waals surface area contributed by atoms with Gasteiger partial charge in [0.2, 0.25) is 0 Å². The molecule has 0 aliphatic carbocycles. The van der Waals surface area contributed by atoms with Crippen LogP contribution in [0.4, 0.5) is 5.69 Å². The summed E-state index contributed by atoms with van der Waals surface area (Å²) in [5, 5.41) is 0. The Balaban J connectivity index is 1.84. The number of hydrogen-bond donors (Lipinski definition) is 1. The van der Waals surface area contributed by atoms with E-state index in [0.29, 0.717) is 6.10 Å². The number of para-hydroxylation sites is 1. The highest BCUT2D eigenvalue weighted by Gasteiger charge is 2.14. The highest BCUT2D eigenvalue weighted by atomic mass is 32.2. The monoisotopic (exact) mass is 223 g/mol. The largest absolute Gasteiger partial charge is 0.398 e. The summed E-state index contributed by atoms with van der Waals surface area (Å²) in [5.41, 5.74) is 6.75. The molecule has 0 aromatic heterocycles. The Morgan fingerprint density at radius 1 is 1.33 bits per heavy atom. The Morgan fingerprint density at radius 2 is 2.20 bits per heavy atom. The van der Waals surface area contributed by atoms with E-state index in [9.17, 15) is 0 Å². The van der Waals surface area contributed by atoms with E-state index in [-0.39, 0.29) is 0 Å². The molecule has 0 bridgehead atoms. The van der Waals surface area contributed by atoms with Gasteiger partial charge >= 0.3 is 0 Å². The first-order chi connectivity index (χ1) is 7.36. The van der Waals surface area contributed by atoms with Crippen molar-refractivity contribution in [1.82, 2.24) is 0 Å². The van der Waals surface area contributed by atoms with Gasteiger partial charge in [0.25, 0.3) is 0 Å². The van der Waals surface area contributed by atoms with Gasteiger partial charge in [-0.2, -0.15) is 0 Å². The van der Waals surface area contributed by atoms with Crippen LogP contribution in [0.15, 0.2) is 29.2 Å². The fraction of sp³-hybridized carbons (Fsp3) is 0.500. The van der Waals surface area contributed by atoms with Crippen LogP contribution in [0.5, 0.6) is 0 Å². The second-order valence-electron chi connectivity index (χ2n) is 3.84. The number of thioether (sulfide) groups is 1. The number of nitrogen functional groups attached to an aromatic ring is 1. The number of nitrogens with two attached hydrogens (primary N) is 1. The van der Waals surface area contributed by atoms with Crippen molar-refractivity contribution in [2.24, 2.45) is 0 Å². The molecule has 2 N–H and O–H groups in total. The van der Waals surface area contributed by atoms with Gasteiger partial charge < -0.3 is 10.5 Å². The third-order valence-electron chi connectivity index (χ3n) is 2.62.